The molecule has 1 aromatic carbocycles. The van der Waals surface area contributed by atoms with E-state index in [1.165, 1.54) is 49.0 Å². The van der Waals surface area contributed by atoms with Crippen LogP contribution in [0, 0.1) is 28.6 Å². The average molecular weight is 469 g/mol. The molecule has 0 radical (unpaired) electrons. The molecule has 0 bridgehead atoms. The van der Waals surface area contributed by atoms with Crippen molar-refractivity contribution in [3.8, 4) is 11.5 Å². The fraction of sp³-hybridized carbons (Fsp3) is 0.677. The molecule has 2 aliphatic carbocycles. The van der Waals surface area contributed by atoms with Gasteiger partial charge in [-0.3, -0.25) is 0 Å². The average Bonchev–Trinajstić information content (AvgIpc) is 2.76. The Morgan fingerprint density at radius 2 is 1.91 bits per heavy atom. The van der Waals surface area contributed by atoms with Crippen LogP contribution < -0.4 is 0 Å². The van der Waals surface area contributed by atoms with Crippen molar-refractivity contribution in [2.75, 3.05) is 0 Å². The highest BCUT2D eigenvalue weighted by atomic mass is 16.3. The third-order valence-electron chi connectivity index (χ3n) is 9.40. The number of phenolic OH excluding ortho intramolecular Hbond substituents is 2. The lowest BCUT2D eigenvalue weighted by Crippen LogP contribution is -2.49. The highest BCUT2D eigenvalue weighted by molar-refractivity contribution is 5.39. The number of benzene rings is 1. The number of fused-ring (bicyclic) bond motifs is 1. The van der Waals surface area contributed by atoms with Crippen molar-refractivity contribution in [1.29, 1.82) is 0 Å². The monoisotopic (exact) mass is 468 g/mol. The second-order valence-corrected chi connectivity index (χ2v) is 12.4. The predicted octanol–water partition coefficient (Wildman–Crippen LogP) is 7.94. The summed E-state index contributed by atoms with van der Waals surface area (Å²) in [6, 6.07) is 4.66. The molecule has 0 amide bonds. The summed E-state index contributed by atoms with van der Waals surface area (Å²) in [5.74, 6) is 1.89. The van der Waals surface area contributed by atoms with Crippen molar-refractivity contribution in [2.24, 2.45) is 28.6 Å². The van der Waals surface area contributed by atoms with Crippen LogP contribution in [0.3, 0.4) is 0 Å². The summed E-state index contributed by atoms with van der Waals surface area (Å²) in [5.41, 5.74) is 4.22. The second-order valence-electron chi connectivity index (χ2n) is 12.4. The Morgan fingerprint density at radius 1 is 1.18 bits per heavy atom. The molecule has 0 aliphatic heterocycles. The molecular weight excluding hydrogens is 420 g/mol. The summed E-state index contributed by atoms with van der Waals surface area (Å²) in [7, 11) is 0. The van der Waals surface area contributed by atoms with E-state index in [0.717, 1.165) is 31.2 Å². The molecule has 2 aliphatic rings. The zero-order chi connectivity index (χ0) is 25.1. The standard InChI is InChI=1S/C31H48O3/c1-21(11-13-24-19-25(32)14-15-27(24)33)9-7-10-23(3)28(34)20-26-22(2)12-16-29-30(4,5)17-8-18-31(26,29)6/h11-12,14-15,19,23,26,28-29,32-34H,7-10,13,16-18,20H2,1-6H3/b21-11+/t23-,26+,28+,29?,31-/m1/s1. The molecule has 1 unspecified atom stereocenters. The number of hydrogen-bond acceptors (Lipinski definition) is 3. The molecule has 0 spiro atoms. The van der Waals surface area contributed by atoms with Gasteiger partial charge in [0.2, 0.25) is 0 Å². The fourth-order valence-electron chi connectivity index (χ4n) is 7.08. The lowest BCUT2D eigenvalue weighted by Gasteiger charge is -2.57. The van der Waals surface area contributed by atoms with E-state index in [-0.39, 0.29) is 23.5 Å². The quantitative estimate of drug-likeness (QED) is 0.254. The maximum atomic E-state index is 11.2. The first-order chi connectivity index (χ1) is 15.9. The molecule has 1 saturated carbocycles. The fourth-order valence-corrected chi connectivity index (χ4v) is 7.08. The van der Waals surface area contributed by atoms with Gasteiger partial charge in [-0.05, 0) is 112 Å². The molecule has 3 nitrogen and oxygen atoms in total. The molecule has 190 valence electrons. The molecule has 3 rings (SSSR count). The summed E-state index contributed by atoms with van der Waals surface area (Å²) in [5, 5.41) is 30.8. The minimum atomic E-state index is -0.262. The van der Waals surface area contributed by atoms with Gasteiger partial charge in [0.05, 0.1) is 6.10 Å². The molecule has 1 aromatic rings. The SMILES string of the molecule is CC1=CCC2C(C)(C)CCC[C@]2(C)[C@H]1C[C@H](O)[C@H](C)CCC/C(C)=C/Cc1cc(O)ccc1O. The summed E-state index contributed by atoms with van der Waals surface area (Å²) >= 11 is 0. The first-order valence-corrected chi connectivity index (χ1v) is 13.4. The largest absolute Gasteiger partial charge is 0.508 e. The normalized spacial score (nSPS) is 28.7. The number of allylic oxidation sites excluding steroid dienone is 4. The van der Waals surface area contributed by atoms with Gasteiger partial charge in [0.25, 0.3) is 0 Å². The van der Waals surface area contributed by atoms with Crippen molar-refractivity contribution in [2.45, 2.75) is 105 Å². The van der Waals surface area contributed by atoms with E-state index in [1.54, 1.807) is 6.07 Å². The van der Waals surface area contributed by atoms with Crippen LogP contribution in [0.15, 0.2) is 41.5 Å². The van der Waals surface area contributed by atoms with Gasteiger partial charge in [0.15, 0.2) is 0 Å². The van der Waals surface area contributed by atoms with Gasteiger partial charge in [-0.2, -0.15) is 0 Å². The Morgan fingerprint density at radius 3 is 2.65 bits per heavy atom. The maximum Gasteiger partial charge on any atom is 0.119 e. The number of rotatable bonds is 9. The minimum absolute atomic E-state index is 0.182. The van der Waals surface area contributed by atoms with Crippen molar-refractivity contribution in [3.63, 3.8) is 0 Å². The van der Waals surface area contributed by atoms with Crippen LogP contribution in [-0.4, -0.2) is 21.4 Å². The number of hydrogen-bond donors (Lipinski definition) is 3. The number of aliphatic hydroxyl groups excluding tert-OH is 1. The minimum Gasteiger partial charge on any atom is -0.508 e. The Balaban J connectivity index is 1.52. The third-order valence-corrected chi connectivity index (χ3v) is 9.40. The van der Waals surface area contributed by atoms with Gasteiger partial charge in [-0.1, -0.05) is 57.4 Å². The van der Waals surface area contributed by atoms with Crippen LogP contribution in [0.2, 0.25) is 0 Å². The van der Waals surface area contributed by atoms with Gasteiger partial charge >= 0.3 is 0 Å². The number of aliphatic hydroxyl groups is 1. The summed E-state index contributed by atoms with van der Waals surface area (Å²) in [6.45, 7) is 14.1. The predicted molar refractivity (Wildman–Crippen MR) is 142 cm³/mol. The highest BCUT2D eigenvalue weighted by Crippen LogP contribution is 2.60. The van der Waals surface area contributed by atoms with Gasteiger partial charge in [0, 0.05) is 5.56 Å². The molecule has 34 heavy (non-hydrogen) atoms. The van der Waals surface area contributed by atoms with Crippen LogP contribution in [0.1, 0.15) is 98.5 Å². The van der Waals surface area contributed by atoms with Gasteiger partial charge < -0.3 is 15.3 Å². The first-order valence-electron chi connectivity index (χ1n) is 13.4. The molecule has 5 atom stereocenters. The summed E-state index contributed by atoms with van der Waals surface area (Å²) < 4.78 is 0. The second kappa shape index (κ2) is 10.9. The molecule has 0 heterocycles. The van der Waals surface area contributed by atoms with Crippen molar-refractivity contribution in [1.82, 2.24) is 0 Å². The van der Waals surface area contributed by atoms with Crippen molar-refractivity contribution >= 4 is 0 Å². The zero-order valence-corrected chi connectivity index (χ0v) is 22.4. The van der Waals surface area contributed by atoms with Crippen LogP contribution in [0.5, 0.6) is 11.5 Å². The lowest BCUT2D eigenvalue weighted by atomic mass is 9.48. The molecule has 0 aromatic heterocycles. The van der Waals surface area contributed by atoms with Gasteiger partial charge in [-0.15, -0.1) is 0 Å². The molecular formula is C31H48O3. The Kier molecular flexibility index (Phi) is 8.61. The van der Waals surface area contributed by atoms with E-state index in [2.05, 4.69) is 53.7 Å². The number of phenols is 2. The van der Waals surface area contributed by atoms with Crippen LogP contribution in [-0.2, 0) is 6.42 Å². The lowest BCUT2D eigenvalue weighted by molar-refractivity contribution is -0.0541. The van der Waals surface area contributed by atoms with Crippen LogP contribution in [0.4, 0.5) is 0 Å². The van der Waals surface area contributed by atoms with Crippen LogP contribution in [0.25, 0.3) is 0 Å². The Hall–Kier alpha value is -1.74. The first kappa shape index (κ1) is 26.9. The molecule has 3 N–H and O–H groups in total. The van der Waals surface area contributed by atoms with E-state index in [1.807, 2.05) is 0 Å². The van der Waals surface area contributed by atoms with E-state index in [0.29, 0.717) is 29.1 Å². The van der Waals surface area contributed by atoms with Crippen molar-refractivity contribution in [3.05, 3.63) is 47.1 Å². The van der Waals surface area contributed by atoms with E-state index in [9.17, 15) is 15.3 Å². The van der Waals surface area contributed by atoms with Crippen LogP contribution >= 0.6 is 0 Å². The topological polar surface area (TPSA) is 60.7 Å². The summed E-state index contributed by atoms with van der Waals surface area (Å²) in [6.07, 6.45) is 14.0. The molecule has 3 heteroatoms. The third kappa shape index (κ3) is 6.08. The van der Waals surface area contributed by atoms with E-state index >= 15 is 0 Å². The van der Waals surface area contributed by atoms with E-state index < -0.39 is 0 Å². The Labute approximate surface area is 208 Å². The maximum absolute atomic E-state index is 11.2. The van der Waals surface area contributed by atoms with Gasteiger partial charge in [0.1, 0.15) is 11.5 Å². The molecule has 0 saturated heterocycles. The Bertz CT molecular complexity index is 896. The molecule has 1 fully saturated rings. The van der Waals surface area contributed by atoms with Crippen molar-refractivity contribution < 1.29 is 15.3 Å². The zero-order valence-electron chi connectivity index (χ0n) is 22.4. The summed E-state index contributed by atoms with van der Waals surface area (Å²) in [4.78, 5) is 0. The van der Waals surface area contributed by atoms with E-state index in [4.69, 9.17) is 0 Å². The smallest absolute Gasteiger partial charge is 0.119 e. The van der Waals surface area contributed by atoms with Gasteiger partial charge in [-0.25, -0.2) is 0 Å². The highest BCUT2D eigenvalue weighted by Gasteiger charge is 2.52. The number of aromatic hydroxyl groups is 2.